The van der Waals surface area contributed by atoms with E-state index in [9.17, 15) is 9.90 Å². The summed E-state index contributed by atoms with van der Waals surface area (Å²) in [6.07, 6.45) is 2.42. The Morgan fingerprint density at radius 2 is 2.08 bits per heavy atom. The minimum absolute atomic E-state index is 0.00303. The number of ether oxygens (including phenoxy) is 1. The molecule has 1 aromatic heterocycles. The molecule has 6 heteroatoms. The molecule has 0 spiro atoms. The van der Waals surface area contributed by atoms with Gasteiger partial charge in [0.15, 0.2) is 0 Å². The highest BCUT2D eigenvalue weighted by Crippen LogP contribution is 2.13. The molecule has 0 aliphatic carbocycles. The topological polar surface area (TPSA) is 66.2 Å². The Kier molecular flexibility index (Phi) is 5.73. The molecule has 2 aromatic rings. The van der Waals surface area contributed by atoms with Gasteiger partial charge in [-0.25, -0.2) is 0 Å². The summed E-state index contributed by atoms with van der Waals surface area (Å²) in [4.78, 5) is 16.2. The van der Waals surface area contributed by atoms with E-state index in [1.54, 1.807) is 6.07 Å². The molecular weight excluding hydrogens is 320 g/mol. The number of nitrogens with zero attached hydrogens (tertiary/aromatic N) is 2. The number of piperazine rings is 1. The third-order valence-corrected chi connectivity index (χ3v) is 4.33. The van der Waals surface area contributed by atoms with Crippen LogP contribution in [0.3, 0.4) is 0 Å². The highest BCUT2D eigenvalue weighted by molar-refractivity contribution is 5.93. The molecule has 6 nitrogen and oxygen atoms in total. The summed E-state index contributed by atoms with van der Waals surface area (Å²) in [5.41, 5.74) is 1.71. The van der Waals surface area contributed by atoms with Crippen molar-refractivity contribution in [2.24, 2.45) is 0 Å². The van der Waals surface area contributed by atoms with Crippen LogP contribution in [0.15, 0.2) is 47.3 Å². The van der Waals surface area contributed by atoms with Crippen LogP contribution in [-0.4, -0.2) is 66.2 Å². The fourth-order valence-electron chi connectivity index (χ4n) is 2.95. The lowest BCUT2D eigenvalue weighted by atomic mass is 10.2. The molecule has 3 rings (SSSR count). The van der Waals surface area contributed by atoms with Gasteiger partial charge in [0.1, 0.15) is 24.7 Å². The molecule has 1 amide bonds. The molecule has 1 N–H and O–H groups in total. The van der Waals surface area contributed by atoms with Gasteiger partial charge in [0.05, 0.1) is 11.8 Å². The molecule has 2 heterocycles. The fraction of sp³-hybridized carbons (Fsp3) is 0.421. The Morgan fingerprint density at radius 1 is 1.28 bits per heavy atom. The first-order valence-electron chi connectivity index (χ1n) is 8.53. The van der Waals surface area contributed by atoms with Crippen LogP contribution < -0.4 is 4.74 Å². The van der Waals surface area contributed by atoms with Crippen molar-refractivity contribution in [1.29, 1.82) is 0 Å². The molecule has 1 aromatic carbocycles. The number of amides is 1. The van der Waals surface area contributed by atoms with E-state index < -0.39 is 6.10 Å². The molecule has 1 atom stereocenters. The summed E-state index contributed by atoms with van der Waals surface area (Å²) in [7, 11) is 0. The first-order valence-corrected chi connectivity index (χ1v) is 8.53. The highest BCUT2D eigenvalue weighted by atomic mass is 16.5. The normalized spacial score (nSPS) is 16.6. The summed E-state index contributed by atoms with van der Waals surface area (Å²) >= 11 is 0. The van der Waals surface area contributed by atoms with Crippen molar-refractivity contribution in [3.05, 3.63) is 54.0 Å². The minimum Gasteiger partial charge on any atom is -0.491 e. The average molecular weight is 344 g/mol. The molecule has 1 saturated heterocycles. The average Bonchev–Trinajstić information content (AvgIpc) is 3.15. The summed E-state index contributed by atoms with van der Waals surface area (Å²) < 4.78 is 10.6. The number of aliphatic hydroxyl groups is 1. The maximum Gasteiger partial charge on any atom is 0.257 e. The molecule has 1 unspecified atom stereocenters. The number of carbonyl (C=O) groups excluding carboxylic acids is 1. The first-order chi connectivity index (χ1) is 12.1. The first kappa shape index (κ1) is 17.5. The summed E-state index contributed by atoms with van der Waals surface area (Å²) in [5.74, 6) is 0.770. The summed E-state index contributed by atoms with van der Waals surface area (Å²) in [6.45, 7) is 5.59. The largest absolute Gasteiger partial charge is 0.491 e. The molecule has 134 valence electrons. The Bertz CT molecular complexity index is 678. The van der Waals surface area contributed by atoms with Crippen LogP contribution in [0, 0.1) is 6.92 Å². The van der Waals surface area contributed by atoms with Gasteiger partial charge in [-0.3, -0.25) is 9.69 Å². The molecule has 1 fully saturated rings. The molecule has 0 radical (unpaired) electrons. The van der Waals surface area contributed by atoms with Gasteiger partial charge in [-0.15, -0.1) is 0 Å². The van der Waals surface area contributed by atoms with E-state index in [1.807, 2.05) is 36.1 Å². The van der Waals surface area contributed by atoms with Gasteiger partial charge in [0.25, 0.3) is 5.91 Å². The second-order valence-corrected chi connectivity index (χ2v) is 6.39. The number of β-amino-alcohol motifs (C(OH)–C–C–N with tert-alkyl or cyclic N) is 1. The van der Waals surface area contributed by atoms with Crippen molar-refractivity contribution in [2.45, 2.75) is 13.0 Å². The summed E-state index contributed by atoms with van der Waals surface area (Å²) in [6, 6.07) is 9.47. The van der Waals surface area contributed by atoms with E-state index in [4.69, 9.17) is 9.15 Å². The highest BCUT2D eigenvalue weighted by Gasteiger charge is 2.24. The quantitative estimate of drug-likeness (QED) is 0.865. The number of furan rings is 1. The molecule has 25 heavy (non-hydrogen) atoms. The fourth-order valence-corrected chi connectivity index (χ4v) is 2.95. The Morgan fingerprint density at radius 3 is 2.76 bits per heavy atom. The van der Waals surface area contributed by atoms with Crippen molar-refractivity contribution in [1.82, 2.24) is 9.80 Å². The SMILES string of the molecule is Cc1cccc(OCC(O)CN2CCN(C(=O)c3ccoc3)CC2)c1. The van der Waals surface area contributed by atoms with Crippen molar-refractivity contribution < 1.29 is 19.1 Å². The number of benzene rings is 1. The van der Waals surface area contributed by atoms with Crippen LogP contribution in [-0.2, 0) is 0 Å². The molecule has 0 bridgehead atoms. The van der Waals surface area contributed by atoms with Crippen LogP contribution in [0.25, 0.3) is 0 Å². The van der Waals surface area contributed by atoms with Crippen molar-refractivity contribution >= 4 is 5.91 Å². The second kappa shape index (κ2) is 8.18. The van der Waals surface area contributed by atoms with Crippen LogP contribution in [0.2, 0.25) is 0 Å². The predicted molar refractivity (Wildman–Crippen MR) is 93.7 cm³/mol. The van der Waals surface area contributed by atoms with E-state index in [2.05, 4.69) is 4.90 Å². The lowest BCUT2D eigenvalue weighted by Gasteiger charge is -2.35. The minimum atomic E-state index is -0.559. The standard InChI is InChI=1S/C19H24N2O4/c1-15-3-2-4-18(11-15)25-14-17(22)12-20-6-8-21(9-7-20)19(23)16-5-10-24-13-16/h2-5,10-11,13,17,22H,6-9,12,14H2,1H3. The van der Waals surface area contributed by atoms with Gasteiger partial charge in [-0.1, -0.05) is 12.1 Å². The predicted octanol–water partition coefficient (Wildman–Crippen LogP) is 1.79. The van der Waals surface area contributed by atoms with E-state index >= 15 is 0 Å². The third-order valence-electron chi connectivity index (χ3n) is 4.33. The van der Waals surface area contributed by atoms with Gasteiger partial charge < -0.3 is 19.2 Å². The van der Waals surface area contributed by atoms with Crippen LogP contribution >= 0.6 is 0 Å². The van der Waals surface area contributed by atoms with Gasteiger partial charge >= 0.3 is 0 Å². The third kappa shape index (κ3) is 4.84. The molecule has 1 aliphatic rings. The zero-order chi connectivity index (χ0) is 17.6. The number of carbonyl (C=O) groups is 1. The molecule has 0 saturated carbocycles. The smallest absolute Gasteiger partial charge is 0.257 e. The monoisotopic (exact) mass is 344 g/mol. The number of hydrogen-bond donors (Lipinski definition) is 1. The zero-order valence-corrected chi connectivity index (χ0v) is 14.4. The number of aryl methyl sites for hydroxylation is 1. The second-order valence-electron chi connectivity index (χ2n) is 6.39. The number of rotatable bonds is 6. The van der Waals surface area contributed by atoms with Crippen LogP contribution in [0.5, 0.6) is 5.75 Å². The maximum absolute atomic E-state index is 12.3. The van der Waals surface area contributed by atoms with Gasteiger partial charge in [0.2, 0.25) is 0 Å². The van der Waals surface area contributed by atoms with Crippen molar-refractivity contribution in [3.8, 4) is 5.75 Å². The van der Waals surface area contributed by atoms with E-state index in [1.165, 1.54) is 12.5 Å². The maximum atomic E-state index is 12.3. The van der Waals surface area contributed by atoms with E-state index in [-0.39, 0.29) is 12.5 Å². The van der Waals surface area contributed by atoms with E-state index in [0.29, 0.717) is 25.2 Å². The molecule has 1 aliphatic heterocycles. The number of aliphatic hydroxyl groups excluding tert-OH is 1. The van der Waals surface area contributed by atoms with Crippen molar-refractivity contribution in [3.63, 3.8) is 0 Å². The van der Waals surface area contributed by atoms with Crippen molar-refractivity contribution in [2.75, 3.05) is 39.3 Å². The Balaban J connectivity index is 1.40. The zero-order valence-electron chi connectivity index (χ0n) is 14.4. The lowest BCUT2D eigenvalue weighted by molar-refractivity contribution is 0.0403. The Hall–Kier alpha value is -2.31. The van der Waals surface area contributed by atoms with E-state index in [0.717, 1.165) is 24.4 Å². The molecular formula is C19H24N2O4. The Labute approximate surface area is 147 Å². The van der Waals surface area contributed by atoms with Crippen LogP contribution in [0.1, 0.15) is 15.9 Å². The number of hydrogen-bond acceptors (Lipinski definition) is 5. The lowest BCUT2D eigenvalue weighted by Crippen LogP contribution is -2.50. The van der Waals surface area contributed by atoms with Gasteiger partial charge in [-0.2, -0.15) is 0 Å². The van der Waals surface area contributed by atoms with Gasteiger partial charge in [0, 0.05) is 32.7 Å². The van der Waals surface area contributed by atoms with Gasteiger partial charge in [-0.05, 0) is 30.7 Å². The summed E-state index contributed by atoms with van der Waals surface area (Å²) in [5, 5.41) is 10.2. The van der Waals surface area contributed by atoms with Crippen LogP contribution in [0.4, 0.5) is 0 Å².